The van der Waals surface area contributed by atoms with Crippen LogP contribution in [0.1, 0.15) is 49.1 Å². The van der Waals surface area contributed by atoms with Gasteiger partial charge in [0.2, 0.25) is 0 Å². The molecule has 3 rings (SSSR count). The number of ether oxygens (including phenoxy) is 1. The van der Waals surface area contributed by atoms with Gasteiger partial charge in [-0.3, -0.25) is 5.10 Å². The maximum Gasteiger partial charge on any atom is 0.281 e. The molecule has 1 aliphatic heterocycles. The number of aromatic amines is 1. The fourth-order valence-corrected chi connectivity index (χ4v) is 4.52. The van der Waals surface area contributed by atoms with Crippen molar-refractivity contribution in [2.75, 3.05) is 33.8 Å². The highest BCUT2D eigenvalue weighted by Gasteiger charge is 2.34. The van der Waals surface area contributed by atoms with Gasteiger partial charge in [0.25, 0.3) is 10.2 Å². The first-order valence-corrected chi connectivity index (χ1v) is 11.1. The SMILES string of the molecule is CC(C)c1ccc(OCCc2cc([C@@H]3CCN(S(=O)(=O)N(C)C)C3)n[nH]2)cc1. The Bertz CT molecular complexity index is 875. The van der Waals surface area contributed by atoms with Gasteiger partial charge in [-0.25, -0.2) is 0 Å². The predicted octanol–water partition coefficient (Wildman–Crippen LogP) is 2.75. The van der Waals surface area contributed by atoms with Crippen LogP contribution in [0.15, 0.2) is 30.3 Å². The molecule has 1 aromatic carbocycles. The molecular weight excluding hydrogens is 376 g/mol. The molecule has 154 valence electrons. The third-order valence-corrected chi connectivity index (χ3v) is 7.10. The van der Waals surface area contributed by atoms with Gasteiger partial charge in [-0.1, -0.05) is 26.0 Å². The minimum Gasteiger partial charge on any atom is -0.493 e. The molecule has 1 N–H and O–H groups in total. The minimum absolute atomic E-state index is 0.129. The van der Waals surface area contributed by atoms with Crippen LogP contribution in [0.4, 0.5) is 0 Å². The van der Waals surface area contributed by atoms with Crippen molar-refractivity contribution < 1.29 is 13.2 Å². The molecule has 2 heterocycles. The summed E-state index contributed by atoms with van der Waals surface area (Å²) in [5, 5.41) is 7.46. The summed E-state index contributed by atoms with van der Waals surface area (Å²) in [6.07, 6.45) is 1.52. The van der Waals surface area contributed by atoms with E-state index in [-0.39, 0.29) is 5.92 Å². The van der Waals surface area contributed by atoms with Gasteiger partial charge in [-0.2, -0.15) is 22.1 Å². The average molecular weight is 407 g/mol. The van der Waals surface area contributed by atoms with Crippen LogP contribution in [0.25, 0.3) is 0 Å². The zero-order chi connectivity index (χ0) is 20.3. The Morgan fingerprint density at radius 3 is 2.64 bits per heavy atom. The second-order valence-corrected chi connectivity index (χ2v) is 9.92. The second kappa shape index (κ2) is 8.63. The lowest BCUT2D eigenvalue weighted by atomic mass is 10.0. The highest BCUT2D eigenvalue weighted by molar-refractivity contribution is 7.86. The lowest BCUT2D eigenvalue weighted by molar-refractivity contribution is 0.320. The van der Waals surface area contributed by atoms with E-state index >= 15 is 0 Å². The number of hydrogen-bond donors (Lipinski definition) is 1. The molecule has 1 aliphatic rings. The van der Waals surface area contributed by atoms with Crippen molar-refractivity contribution in [2.24, 2.45) is 0 Å². The summed E-state index contributed by atoms with van der Waals surface area (Å²) in [6, 6.07) is 10.2. The molecule has 1 fully saturated rings. The van der Waals surface area contributed by atoms with E-state index in [1.165, 1.54) is 14.2 Å². The maximum atomic E-state index is 12.3. The van der Waals surface area contributed by atoms with E-state index in [1.54, 1.807) is 14.1 Å². The van der Waals surface area contributed by atoms with E-state index in [4.69, 9.17) is 4.74 Å². The van der Waals surface area contributed by atoms with Crippen molar-refractivity contribution in [2.45, 2.75) is 38.5 Å². The predicted molar refractivity (Wildman–Crippen MR) is 110 cm³/mol. The molecule has 0 amide bonds. The molecule has 0 bridgehead atoms. The summed E-state index contributed by atoms with van der Waals surface area (Å²) >= 11 is 0. The highest BCUT2D eigenvalue weighted by atomic mass is 32.2. The number of aromatic nitrogens is 2. The van der Waals surface area contributed by atoms with E-state index < -0.39 is 10.2 Å². The Hall–Kier alpha value is -1.90. The molecule has 0 radical (unpaired) electrons. The Balaban J connectivity index is 1.51. The maximum absolute atomic E-state index is 12.3. The molecule has 0 spiro atoms. The van der Waals surface area contributed by atoms with E-state index in [0.717, 1.165) is 30.0 Å². The topological polar surface area (TPSA) is 78.5 Å². The Morgan fingerprint density at radius 2 is 2.00 bits per heavy atom. The molecule has 7 nitrogen and oxygen atoms in total. The van der Waals surface area contributed by atoms with Crippen LogP contribution < -0.4 is 4.74 Å². The van der Waals surface area contributed by atoms with Crippen LogP contribution in [-0.4, -0.2) is 61.0 Å². The molecule has 0 aliphatic carbocycles. The van der Waals surface area contributed by atoms with E-state index in [1.807, 2.05) is 18.2 Å². The monoisotopic (exact) mass is 406 g/mol. The Labute approximate surface area is 167 Å². The van der Waals surface area contributed by atoms with Gasteiger partial charge in [0.05, 0.1) is 12.3 Å². The third-order valence-electron chi connectivity index (χ3n) is 5.19. The van der Waals surface area contributed by atoms with Gasteiger partial charge in [-0.05, 0) is 36.1 Å². The first-order valence-electron chi connectivity index (χ1n) is 9.72. The van der Waals surface area contributed by atoms with Gasteiger partial charge < -0.3 is 4.74 Å². The number of hydrogen-bond acceptors (Lipinski definition) is 4. The van der Waals surface area contributed by atoms with Crippen molar-refractivity contribution in [1.29, 1.82) is 0 Å². The van der Waals surface area contributed by atoms with Crippen molar-refractivity contribution in [3.63, 3.8) is 0 Å². The minimum atomic E-state index is -3.36. The summed E-state index contributed by atoms with van der Waals surface area (Å²) in [4.78, 5) is 0. The Kier molecular flexibility index (Phi) is 6.42. The standard InChI is InChI=1S/C20H30N4O3S/c1-15(2)16-5-7-19(8-6-16)27-12-10-18-13-20(22-21-18)17-9-11-24(14-17)28(25,26)23(3)4/h5-8,13,15,17H,9-12,14H2,1-4H3,(H,21,22)/t17-/m1/s1. The average Bonchev–Trinajstić information content (AvgIpc) is 3.31. The highest BCUT2D eigenvalue weighted by Crippen LogP contribution is 2.28. The van der Waals surface area contributed by atoms with Crippen LogP contribution >= 0.6 is 0 Å². The summed E-state index contributed by atoms with van der Waals surface area (Å²) in [6.45, 7) is 5.91. The first kappa shape index (κ1) is 20.8. The molecular formula is C20H30N4O3S. The van der Waals surface area contributed by atoms with Crippen LogP contribution in [-0.2, 0) is 16.6 Å². The Morgan fingerprint density at radius 1 is 1.29 bits per heavy atom. The van der Waals surface area contributed by atoms with Crippen LogP contribution in [0, 0.1) is 0 Å². The normalized spacial score (nSPS) is 18.3. The van der Waals surface area contributed by atoms with E-state index in [0.29, 0.717) is 25.6 Å². The zero-order valence-electron chi connectivity index (χ0n) is 17.1. The quantitative estimate of drug-likeness (QED) is 0.731. The molecule has 1 saturated heterocycles. The number of rotatable bonds is 8. The molecule has 1 aromatic heterocycles. The molecule has 0 saturated carbocycles. The van der Waals surface area contributed by atoms with Crippen LogP contribution in [0.5, 0.6) is 5.75 Å². The van der Waals surface area contributed by atoms with Gasteiger partial charge >= 0.3 is 0 Å². The summed E-state index contributed by atoms with van der Waals surface area (Å²) in [5.41, 5.74) is 3.22. The first-order chi connectivity index (χ1) is 13.3. The second-order valence-electron chi connectivity index (χ2n) is 7.77. The molecule has 0 unspecified atom stereocenters. The number of benzene rings is 1. The summed E-state index contributed by atoms with van der Waals surface area (Å²) in [5.74, 6) is 1.50. The van der Waals surface area contributed by atoms with Gasteiger partial charge in [0, 0.05) is 45.2 Å². The van der Waals surface area contributed by atoms with Crippen molar-refractivity contribution in [3.8, 4) is 5.75 Å². The van der Waals surface area contributed by atoms with Crippen molar-refractivity contribution >= 4 is 10.2 Å². The van der Waals surface area contributed by atoms with Crippen molar-refractivity contribution in [3.05, 3.63) is 47.3 Å². The fourth-order valence-electron chi connectivity index (χ4n) is 3.35. The van der Waals surface area contributed by atoms with Crippen molar-refractivity contribution in [1.82, 2.24) is 18.8 Å². The lowest BCUT2D eigenvalue weighted by Crippen LogP contribution is -2.38. The molecule has 2 aromatic rings. The zero-order valence-corrected chi connectivity index (χ0v) is 17.9. The largest absolute Gasteiger partial charge is 0.493 e. The van der Waals surface area contributed by atoms with Crippen LogP contribution in [0.3, 0.4) is 0 Å². The number of nitrogens with one attached hydrogen (secondary N) is 1. The molecule has 1 atom stereocenters. The number of H-pyrrole nitrogens is 1. The number of nitrogens with zero attached hydrogens (tertiary/aromatic N) is 3. The van der Waals surface area contributed by atoms with Gasteiger partial charge in [0.1, 0.15) is 5.75 Å². The van der Waals surface area contributed by atoms with E-state index in [2.05, 4.69) is 36.2 Å². The van der Waals surface area contributed by atoms with Gasteiger partial charge in [-0.15, -0.1) is 0 Å². The van der Waals surface area contributed by atoms with Gasteiger partial charge in [0.15, 0.2) is 0 Å². The van der Waals surface area contributed by atoms with E-state index in [9.17, 15) is 8.42 Å². The summed E-state index contributed by atoms with van der Waals surface area (Å²) < 4.78 is 33.1. The molecule has 8 heteroatoms. The summed E-state index contributed by atoms with van der Waals surface area (Å²) in [7, 11) is -0.233. The lowest BCUT2D eigenvalue weighted by Gasteiger charge is -2.20. The third kappa shape index (κ3) is 4.74. The fraction of sp³-hybridized carbons (Fsp3) is 0.550. The van der Waals surface area contributed by atoms with Crippen LogP contribution in [0.2, 0.25) is 0 Å². The molecule has 28 heavy (non-hydrogen) atoms. The smallest absolute Gasteiger partial charge is 0.281 e.